The Bertz CT molecular complexity index is 303. The molecule has 4 unspecified atom stereocenters. The highest BCUT2D eigenvalue weighted by atomic mass is 127. The summed E-state index contributed by atoms with van der Waals surface area (Å²) in [6.07, 6.45) is 2.95. The molecule has 1 saturated heterocycles. The van der Waals surface area contributed by atoms with Gasteiger partial charge in [-0.05, 0) is 30.6 Å². The van der Waals surface area contributed by atoms with Crippen molar-refractivity contribution < 1.29 is 9.53 Å². The summed E-state index contributed by atoms with van der Waals surface area (Å²) < 4.78 is 6.11. The molecule has 0 aromatic rings. The first-order chi connectivity index (χ1) is 6.29. The fourth-order valence-electron chi connectivity index (χ4n) is 4.55. The second kappa shape index (κ2) is 2.07. The van der Waals surface area contributed by atoms with Crippen LogP contribution in [0.4, 0.5) is 0 Å². The summed E-state index contributed by atoms with van der Waals surface area (Å²) in [6, 6.07) is 0. The van der Waals surface area contributed by atoms with Crippen LogP contribution in [0.1, 0.15) is 12.8 Å². The van der Waals surface area contributed by atoms with Crippen LogP contribution in [0.25, 0.3) is 0 Å². The van der Waals surface area contributed by atoms with Gasteiger partial charge in [-0.3, -0.25) is 4.79 Å². The molecule has 4 aliphatic rings. The maximum absolute atomic E-state index is 11.6. The summed E-state index contributed by atoms with van der Waals surface area (Å²) >= 11 is 2.52. The van der Waals surface area contributed by atoms with E-state index in [2.05, 4.69) is 22.6 Å². The lowest BCUT2D eigenvalue weighted by Crippen LogP contribution is -2.33. The molecular formula is C10H11IO2. The molecule has 0 aromatic carbocycles. The second-order valence-corrected chi connectivity index (χ2v) is 6.37. The van der Waals surface area contributed by atoms with E-state index in [1.165, 1.54) is 12.8 Å². The number of ether oxygens (including phenoxy) is 1. The van der Waals surface area contributed by atoms with E-state index in [9.17, 15) is 4.79 Å². The first-order valence-electron chi connectivity index (χ1n) is 5.13. The van der Waals surface area contributed by atoms with Crippen LogP contribution >= 0.6 is 22.6 Å². The molecule has 0 aromatic heterocycles. The summed E-state index contributed by atoms with van der Waals surface area (Å²) in [4.78, 5) is 11.6. The molecule has 4 fully saturated rings. The zero-order valence-corrected chi connectivity index (χ0v) is 9.31. The predicted molar refractivity (Wildman–Crippen MR) is 54.4 cm³/mol. The SMILES string of the molecule is O=C1O[C@H]2C3C4CCC(C4[C@@H]2I)[C@H]13. The van der Waals surface area contributed by atoms with Gasteiger partial charge in [-0.25, -0.2) is 0 Å². The van der Waals surface area contributed by atoms with Crippen molar-refractivity contribution in [1.82, 2.24) is 0 Å². The number of fused-ring (bicyclic) bond motifs is 1. The highest BCUT2D eigenvalue weighted by molar-refractivity contribution is 14.1. The smallest absolute Gasteiger partial charge is 0.309 e. The van der Waals surface area contributed by atoms with Crippen LogP contribution in [0, 0.1) is 29.6 Å². The maximum atomic E-state index is 11.6. The molecule has 0 spiro atoms. The fraction of sp³-hybridized carbons (Fsp3) is 0.900. The van der Waals surface area contributed by atoms with E-state index in [-0.39, 0.29) is 5.97 Å². The lowest BCUT2D eigenvalue weighted by atomic mass is 9.76. The van der Waals surface area contributed by atoms with Gasteiger partial charge in [0.15, 0.2) is 0 Å². The third kappa shape index (κ3) is 0.621. The lowest BCUT2D eigenvalue weighted by molar-refractivity contribution is -0.143. The molecule has 2 nitrogen and oxygen atoms in total. The van der Waals surface area contributed by atoms with Gasteiger partial charge in [-0.2, -0.15) is 0 Å². The van der Waals surface area contributed by atoms with Crippen LogP contribution in [-0.4, -0.2) is 16.0 Å². The van der Waals surface area contributed by atoms with Gasteiger partial charge in [0.25, 0.3) is 0 Å². The molecule has 1 heterocycles. The Labute approximate surface area is 90.5 Å². The van der Waals surface area contributed by atoms with Gasteiger partial charge in [0, 0.05) is 5.92 Å². The third-order valence-corrected chi connectivity index (χ3v) is 6.32. The molecule has 0 radical (unpaired) electrons. The first-order valence-corrected chi connectivity index (χ1v) is 6.38. The molecule has 13 heavy (non-hydrogen) atoms. The summed E-state index contributed by atoms with van der Waals surface area (Å²) in [7, 11) is 0. The molecule has 1 aliphatic heterocycles. The molecule has 3 heteroatoms. The van der Waals surface area contributed by atoms with E-state index in [0.717, 1.165) is 11.8 Å². The Balaban J connectivity index is 1.91. The third-order valence-electron chi connectivity index (χ3n) is 4.78. The first kappa shape index (κ1) is 7.49. The van der Waals surface area contributed by atoms with Gasteiger partial charge >= 0.3 is 5.97 Å². The molecular weight excluding hydrogens is 279 g/mol. The van der Waals surface area contributed by atoms with Gasteiger partial charge < -0.3 is 4.74 Å². The van der Waals surface area contributed by atoms with Crippen LogP contribution in [0.15, 0.2) is 0 Å². The predicted octanol–water partition coefficient (Wildman–Crippen LogP) is 1.62. The lowest BCUT2D eigenvalue weighted by Gasteiger charge is -2.27. The van der Waals surface area contributed by atoms with Crippen molar-refractivity contribution in [1.29, 1.82) is 0 Å². The minimum absolute atomic E-state index is 0.131. The molecule has 7 atom stereocenters. The van der Waals surface area contributed by atoms with E-state index >= 15 is 0 Å². The Morgan fingerprint density at radius 2 is 2.00 bits per heavy atom. The minimum atomic E-state index is 0.131. The Hall–Kier alpha value is 0.200. The molecule has 0 N–H and O–H groups in total. The summed E-state index contributed by atoms with van der Waals surface area (Å²) in [5.41, 5.74) is 0. The van der Waals surface area contributed by atoms with E-state index < -0.39 is 0 Å². The maximum Gasteiger partial charge on any atom is 0.309 e. The highest BCUT2D eigenvalue weighted by Crippen LogP contribution is 2.69. The Morgan fingerprint density at radius 1 is 1.23 bits per heavy atom. The number of carbonyl (C=O) groups excluding carboxylic acids is 1. The standard InChI is InChI=1S/C10H11IO2/c11-8-5-3-1-2-4(5)7-6(3)9(8)13-10(7)12/h3-9H,1-2H2/t3?,4?,5?,6?,7-,8-,9-/m0/s1. The second-order valence-electron chi connectivity index (χ2n) is 4.93. The summed E-state index contributed by atoms with van der Waals surface area (Å²) in [5, 5.41) is 0. The Kier molecular flexibility index (Phi) is 1.19. The zero-order chi connectivity index (χ0) is 8.74. The molecule has 4 bridgehead atoms. The van der Waals surface area contributed by atoms with Crippen molar-refractivity contribution >= 4 is 28.6 Å². The number of hydrogen-bond acceptors (Lipinski definition) is 2. The van der Waals surface area contributed by atoms with Gasteiger partial charge in [0.1, 0.15) is 6.10 Å². The topological polar surface area (TPSA) is 26.3 Å². The van der Waals surface area contributed by atoms with Gasteiger partial charge in [-0.1, -0.05) is 22.6 Å². The molecule has 0 amide bonds. The molecule has 70 valence electrons. The largest absolute Gasteiger partial charge is 0.461 e. The Morgan fingerprint density at radius 3 is 2.77 bits per heavy atom. The average molecular weight is 290 g/mol. The van der Waals surface area contributed by atoms with Crippen molar-refractivity contribution in [3.05, 3.63) is 0 Å². The van der Waals surface area contributed by atoms with Gasteiger partial charge in [-0.15, -0.1) is 0 Å². The molecule has 4 rings (SSSR count). The van der Waals surface area contributed by atoms with E-state index in [4.69, 9.17) is 4.74 Å². The average Bonchev–Trinajstić information content (AvgIpc) is 2.75. The zero-order valence-electron chi connectivity index (χ0n) is 7.15. The quantitative estimate of drug-likeness (QED) is 0.385. The highest BCUT2D eigenvalue weighted by Gasteiger charge is 2.72. The number of rotatable bonds is 0. The van der Waals surface area contributed by atoms with Crippen LogP contribution < -0.4 is 0 Å². The minimum Gasteiger partial charge on any atom is -0.461 e. The number of hydrogen-bond donors (Lipinski definition) is 0. The number of carbonyl (C=O) groups is 1. The van der Waals surface area contributed by atoms with Crippen LogP contribution in [0.3, 0.4) is 0 Å². The fourth-order valence-corrected chi connectivity index (χ4v) is 6.24. The van der Waals surface area contributed by atoms with Gasteiger partial charge in [0.2, 0.25) is 0 Å². The molecule has 3 saturated carbocycles. The van der Waals surface area contributed by atoms with E-state index in [1.54, 1.807) is 0 Å². The number of alkyl halides is 1. The van der Waals surface area contributed by atoms with Crippen LogP contribution in [-0.2, 0) is 9.53 Å². The normalized spacial score (nSPS) is 66.2. The van der Waals surface area contributed by atoms with E-state index in [1.807, 2.05) is 0 Å². The van der Waals surface area contributed by atoms with Crippen molar-refractivity contribution in [3.63, 3.8) is 0 Å². The van der Waals surface area contributed by atoms with Crippen molar-refractivity contribution in [2.75, 3.05) is 0 Å². The van der Waals surface area contributed by atoms with Crippen molar-refractivity contribution in [3.8, 4) is 0 Å². The van der Waals surface area contributed by atoms with Crippen LogP contribution in [0.2, 0.25) is 0 Å². The number of halogens is 1. The van der Waals surface area contributed by atoms with E-state index in [0.29, 0.717) is 27.8 Å². The monoisotopic (exact) mass is 290 g/mol. The molecule has 3 aliphatic carbocycles. The van der Waals surface area contributed by atoms with Crippen LogP contribution in [0.5, 0.6) is 0 Å². The van der Waals surface area contributed by atoms with Crippen molar-refractivity contribution in [2.45, 2.75) is 22.9 Å². The van der Waals surface area contributed by atoms with Crippen molar-refractivity contribution in [2.24, 2.45) is 29.6 Å². The summed E-state index contributed by atoms with van der Waals surface area (Å²) in [5.74, 6) is 3.44. The number of esters is 1. The summed E-state index contributed by atoms with van der Waals surface area (Å²) in [6.45, 7) is 0. The van der Waals surface area contributed by atoms with Gasteiger partial charge in [0.05, 0.1) is 9.84 Å².